The first-order valence-electron chi connectivity index (χ1n) is 4.79. The first kappa shape index (κ1) is 12.7. The van der Waals surface area contributed by atoms with E-state index in [4.69, 9.17) is 4.74 Å². The zero-order valence-electron chi connectivity index (χ0n) is 9.01. The minimum atomic E-state index is -0.348. The average Bonchev–Trinajstić information content (AvgIpc) is 2.21. The van der Waals surface area contributed by atoms with Crippen molar-refractivity contribution in [2.24, 2.45) is 0 Å². The predicted molar refractivity (Wildman–Crippen MR) is 58.7 cm³/mol. The summed E-state index contributed by atoms with van der Waals surface area (Å²) in [6.07, 6.45) is 5.75. The molecular formula is C12H18O2. The smallest absolute Gasteiger partial charge is 0.338 e. The molecule has 0 unspecified atom stereocenters. The molecule has 0 aliphatic carbocycles. The van der Waals surface area contributed by atoms with Crippen molar-refractivity contribution in [1.29, 1.82) is 0 Å². The molecule has 0 spiro atoms. The van der Waals surface area contributed by atoms with Crippen molar-refractivity contribution in [3.8, 4) is 0 Å². The lowest BCUT2D eigenvalue weighted by Crippen LogP contribution is -2.03. The van der Waals surface area contributed by atoms with Gasteiger partial charge in [-0.3, -0.25) is 0 Å². The summed E-state index contributed by atoms with van der Waals surface area (Å²) in [6, 6.07) is 0. The summed E-state index contributed by atoms with van der Waals surface area (Å²) in [4.78, 5) is 11.3. The van der Waals surface area contributed by atoms with Gasteiger partial charge in [0.2, 0.25) is 0 Å². The molecule has 0 aromatic heterocycles. The summed E-state index contributed by atoms with van der Waals surface area (Å²) in [5.74, 6) is -0.348. The van der Waals surface area contributed by atoms with Crippen molar-refractivity contribution >= 4 is 5.97 Å². The third-order valence-electron chi connectivity index (χ3n) is 1.79. The van der Waals surface area contributed by atoms with Crippen molar-refractivity contribution in [1.82, 2.24) is 0 Å². The lowest BCUT2D eigenvalue weighted by Gasteiger charge is -2.02. The van der Waals surface area contributed by atoms with Gasteiger partial charge in [0.05, 0.1) is 6.26 Å². The monoisotopic (exact) mass is 194 g/mol. The number of unbranched alkanes of at least 4 members (excludes halogenated alkanes) is 1. The molecule has 0 aliphatic rings. The van der Waals surface area contributed by atoms with Gasteiger partial charge in [-0.15, -0.1) is 0 Å². The molecule has 0 rings (SSSR count). The van der Waals surface area contributed by atoms with Gasteiger partial charge in [-0.1, -0.05) is 32.6 Å². The SMILES string of the molecule is C=CC(C)=COC(=O)C(=C)CCCC. The number of rotatable bonds is 6. The van der Waals surface area contributed by atoms with Crippen LogP contribution in [-0.4, -0.2) is 5.97 Å². The molecule has 0 radical (unpaired) electrons. The Labute approximate surface area is 86.0 Å². The topological polar surface area (TPSA) is 26.3 Å². The molecule has 0 N–H and O–H groups in total. The van der Waals surface area contributed by atoms with Crippen molar-refractivity contribution in [2.45, 2.75) is 33.1 Å². The van der Waals surface area contributed by atoms with Crippen LogP contribution >= 0.6 is 0 Å². The van der Waals surface area contributed by atoms with Crippen LogP contribution in [-0.2, 0) is 9.53 Å². The second-order valence-electron chi connectivity index (χ2n) is 3.18. The van der Waals surface area contributed by atoms with E-state index in [1.54, 1.807) is 6.08 Å². The van der Waals surface area contributed by atoms with Gasteiger partial charge in [0.1, 0.15) is 0 Å². The molecule has 0 heterocycles. The Bertz CT molecular complexity index is 249. The molecule has 0 saturated heterocycles. The van der Waals surface area contributed by atoms with Crippen LogP contribution in [0.5, 0.6) is 0 Å². The van der Waals surface area contributed by atoms with Crippen LogP contribution in [0.3, 0.4) is 0 Å². The largest absolute Gasteiger partial charge is 0.431 e. The molecule has 2 nitrogen and oxygen atoms in total. The molecule has 0 amide bonds. The summed E-state index contributed by atoms with van der Waals surface area (Å²) in [6.45, 7) is 11.1. The Kier molecular flexibility index (Phi) is 6.46. The number of allylic oxidation sites excluding steroid dienone is 2. The minimum Gasteiger partial charge on any atom is -0.431 e. The molecular weight excluding hydrogens is 176 g/mol. The van der Waals surface area contributed by atoms with E-state index in [-0.39, 0.29) is 5.97 Å². The molecule has 0 saturated carbocycles. The second-order valence-corrected chi connectivity index (χ2v) is 3.18. The standard InChI is InChI=1S/C12H18O2/c1-5-7-8-11(4)12(13)14-9-10(3)6-2/h6,9H,2,4-5,7-8H2,1,3H3. The molecule has 0 aliphatic heterocycles. The fraction of sp³-hybridized carbons (Fsp3) is 0.417. The molecule has 0 fully saturated rings. The van der Waals surface area contributed by atoms with E-state index in [9.17, 15) is 4.79 Å². The molecule has 0 aromatic rings. The summed E-state index contributed by atoms with van der Waals surface area (Å²) < 4.78 is 4.88. The Balaban J connectivity index is 3.96. The van der Waals surface area contributed by atoms with Crippen molar-refractivity contribution < 1.29 is 9.53 Å². The van der Waals surface area contributed by atoms with E-state index in [2.05, 4.69) is 20.1 Å². The normalized spacial score (nSPS) is 10.9. The van der Waals surface area contributed by atoms with Crippen molar-refractivity contribution in [3.05, 3.63) is 36.6 Å². The summed E-state index contributed by atoms with van der Waals surface area (Å²) in [5.41, 5.74) is 1.35. The van der Waals surface area contributed by atoms with Gasteiger partial charge >= 0.3 is 5.97 Å². The van der Waals surface area contributed by atoms with E-state index < -0.39 is 0 Å². The highest BCUT2D eigenvalue weighted by molar-refractivity contribution is 5.88. The van der Waals surface area contributed by atoms with Crippen LogP contribution < -0.4 is 0 Å². The number of carbonyl (C=O) groups is 1. The maximum atomic E-state index is 11.3. The van der Waals surface area contributed by atoms with Gasteiger partial charge in [0, 0.05) is 5.57 Å². The van der Waals surface area contributed by atoms with Gasteiger partial charge in [-0.2, -0.15) is 0 Å². The van der Waals surface area contributed by atoms with E-state index in [0.717, 1.165) is 18.4 Å². The first-order chi connectivity index (χ1) is 6.61. The van der Waals surface area contributed by atoms with E-state index in [1.165, 1.54) is 6.26 Å². The van der Waals surface area contributed by atoms with Gasteiger partial charge in [-0.05, 0) is 25.3 Å². The minimum absolute atomic E-state index is 0.348. The number of hydrogen-bond donors (Lipinski definition) is 0. The van der Waals surface area contributed by atoms with Gasteiger partial charge < -0.3 is 4.74 Å². The fourth-order valence-corrected chi connectivity index (χ4v) is 0.770. The molecule has 2 heteroatoms. The van der Waals surface area contributed by atoms with Crippen molar-refractivity contribution in [2.75, 3.05) is 0 Å². The highest BCUT2D eigenvalue weighted by atomic mass is 16.5. The predicted octanol–water partition coefficient (Wildman–Crippen LogP) is 3.37. The van der Waals surface area contributed by atoms with Crippen LogP contribution in [0.15, 0.2) is 36.6 Å². The highest BCUT2D eigenvalue weighted by Crippen LogP contribution is 2.07. The summed E-state index contributed by atoms with van der Waals surface area (Å²) >= 11 is 0. The Morgan fingerprint density at radius 1 is 1.50 bits per heavy atom. The average molecular weight is 194 g/mol. The number of carbonyl (C=O) groups excluding carboxylic acids is 1. The first-order valence-corrected chi connectivity index (χ1v) is 4.79. The maximum Gasteiger partial charge on any atom is 0.338 e. The molecule has 0 atom stereocenters. The molecule has 14 heavy (non-hydrogen) atoms. The summed E-state index contributed by atoms with van der Waals surface area (Å²) in [5, 5.41) is 0. The van der Waals surface area contributed by atoms with Gasteiger partial charge in [0.25, 0.3) is 0 Å². The molecule has 78 valence electrons. The number of ether oxygens (including phenoxy) is 1. The Morgan fingerprint density at radius 2 is 2.14 bits per heavy atom. The second kappa shape index (κ2) is 7.13. The fourth-order valence-electron chi connectivity index (χ4n) is 0.770. The number of esters is 1. The molecule has 0 aromatic carbocycles. The van der Waals surface area contributed by atoms with Crippen LogP contribution in [0.25, 0.3) is 0 Å². The van der Waals surface area contributed by atoms with Crippen LogP contribution in [0.4, 0.5) is 0 Å². The number of hydrogen-bond acceptors (Lipinski definition) is 2. The van der Waals surface area contributed by atoms with E-state index in [0.29, 0.717) is 12.0 Å². The Hall–Kier alpha value is -1.31. The Morgan fingerprint density at radius 3 is 2.64 bits per heavy atom. The van der Waals surface area contributed by atoms with E-state index >= 15 is 0 Å². The van der Waals surface area contributed by atoms with E-state index in [1.807, 2.05) is 6.92 Å². The zero-order valence-corrected chi connectivity index (χ0v) is 9.01. The van der Waals surface area contributed by atoms with Crippen molar-refractivity contribution in [3.63, 3.8) is 0 Å². The van der Waals surface area contributed by atoms with Gasteiger partial charge in [-0.25, -0.2) is 4.79 Å². The third kappa shape index (κ3) is 5.36. The lowest BCUT2D eigenvalue weighted by atomic mass is 10.1. The van der Waals surface area contributed by atoms with Gasteiger partial charge in [0.15, 0.2) is 0 Å². The van der Waals surface area contributed by atoms with Crippen LogP contribution in [0.2, 0.25) is 0 Å². The lowest BCUT2D eigenvalue weighted by molar-refractivity contribution is -0.133. The quantitative estimate of drug-likeness (QED) is 0.280. The van der Waals surface area contributed by atoms with Crippen LogP contribution in [0.1, 0.15) is 33.1 Å². The zero-order chi connectivity index (χ0) is 11.0. The third-order valence-corrected chi connectivity index (χ3v) is 1.79. The summed E-state index contributed by atoms with van der Waals surface area (Å²) in [7, 11) is 0. The molecule has 0 bridgehead atoms. The maximum absolute atomic E-state index is 11.3. The van der Waals surface area contributed by atoms with Crippen LogP contribution in [0, 0.1) is 0 Å². The highest BCUT2D eigenvalue weighted by Gasteiger charge is 2.05.